The van der Waals surface area contributed by atoms with E-state index >= 15 is 4.39 Å². The minimum atomic E-state index is -1.09. The quantitative estimate of drug-likeness (QED) is 0.336. The number of rotatable bonds is 12. The van der Waals surface area contributed by atoms with Crippen molar-refractivity contribution in [1.82, 2.24) is 15.5 Å². The van der Waals surface area contributed by atoms with Crippen molar-refractivity contribution in [2.75, 3.05) is 33.8 Å². The van der Waals surface area contributed by atoms with E-state index in [1.54, 1.807) is 24.3 Å². The highest BCUT2D eigenvalue weighted by Gasteiger charge is 2.23. The molecule has 202 valence electrons. The Bertz CT molecular complexity index is 1050. The summed E-state index contributed by atoms with van der Waals surface area (Å²) in [5.41, 5.74) is 1.10. The van der Waals surface area contributed by atoms with Gasteiger partial charge < -0.3 is 25.4 Å². The first-order valence-corrected chi connectivity index (χ1v) is 13.2. The number of halogens is 2. The highest BCUT2D eigenvalue weighted by atomic mass is 35.5. The first-order valence-electron chi connectivity index (χ1n) is 12.8. The van der Waals surface area contributed by atoms with E-state index in [9.17, 15) is 9.59 Å². The maximum absolute atomic E-state index is 15.1. The number of benzene rings is 2. The fraction of sp³-hybridized carbons (Fsp3) is 0.500. The summed E-state index contributed by atoms with van der Waals surface area (Å²) in [5, 5.41) is 15.9. The normalized spacial score (nSPS) is 15.7. The fourth-order valence-corrected chi connectivity index (χ4v) is 4.97. The molecule has 0 saturated heterocycles. The van der Waals surface area contributed by atoms with Crippen LogP contribution in [0.5, 0.6) is 0 Å². The second kappa shape index (κ2) is 14.3. The Labute approximate surface area is 223 Å². The second-order valence-corrected chi connectivity index (χ2v) is 10.1. The maximum Gasteiger partial charge on any atom is 0.407 e. The number of nitrogens with one attached hydrogen (secondary N) is 2. The first-order chi connectivity index (χ1) is 17.8. The third-order valence-corrected chi connectivity index (χ3v) is 7.22. The number of nitrogens with zero attached hydrogens (tertiary/aromatic N) is 1. The van der Waals surface area contributed by atoms with Crippen LogP contribution in [0, 0.1) is 11.7 Å². The van der Waals surface area contributed by atoms with Crippen molar-refractivity contribution in [1.29, 1.82) is 0 Å². The molecule has 1 fully saturated rings. The van der Waals surface area contributed by atoms with Crippen LogP contribution in [0.1, 0.15) is 66.1 Å². The predicted molar refractivity (Wildman–Crippen MR) is 143 cm³/mol. The molecule has 0 bridgehead atoms. The lowest BCUT2D eigenvalue weighted by atomic mass is 9.85. The largest absolute Gasteiger partial charge is 0.465 e. The van der Waals surface area contributed by atoms with Crippen LogP contribution >= 0.6 is 11.6 Å². The standard InChI is InChI=1S/C28H37ClFN3O4/c1-31-23(15-19-7-4-3-5-8-19)18-32-27(34)21-11-12-25(30)24(17-21)26(20-9-6-10-22(29)16-20)37-14-13-33(2)28(35)36/h6,9-12,16-17,19,23,26,31H,3-5,7-8,13-15,18H2,1-2H3,(H,32,34)(H,35,36)/t23-,26?/m0/s1. The zero-order chi connectivity index (χ0) is 26.8. The van der Waals surface area contributed by atoms with Crippen molar-refractivity contribution in [3.63, 3.8) is 0 Å². The summed E-state index contributed by atoms with van der Waals surface area (Å²) in [4.78, 5) is 25.2. The van der Waals surface area contributed by atoms with Crippen molar-refractivity contribution in [2.24, 2.45) is 5.92 Å². The van der Waals surface area contributed by atoms with E-state index in [0.29, 0.717) is 28.6 Å². The van der Waals surface area contributed by atoms with Crippen LogP contribution in [0.3, 0.4) is 0 Å². The van der Waals surface area contributed by atoms with E-state index in [2.05, 4.69) is 10.6 Å². The molecule has 1 saturated carbocycles. The molecule has 2 atom stereocenters. The molecule has 3 rings (SSSR count). The van der Waals surface area contributed by atoms with Gasteiger partial charge >= 0.3 is 6.09 Å². The molecule has 2 aromatic carbocycles. The monoisotopic (exact) mass is 533 g/mol. The number of likely N-dealkylation sites (N-methyl/N-ethyl adjacent to an activating group) is 2. The summed E-state index contributed by atoms with van der Waals surface area (Å²) in [7, 11) is 3.34. The van der Waals surface area contributed by atoms with Crippen molar-refractivity contribution in [2.45, 2.75) is 50.7 Å². The molecule has 37 heavy (non-hydrogen) atoms. The van der Waals surface area contributed by atoms with Gasteiger partial charge in [0.05, 0.1) is 6.61 Å². The minimum absolute atomic E-state index is 0.0286. The third kappa shape index (κ3) is 8.69. The molecule has 0 aromatic heterocycles. The van der Waals surface area contributed by atoms with Crippen LogP contribution in [0.2, 0.25) is 5.02 Å². The Morgan fingerprint density at radius 2 is 1.95 bits per heavy atom. The summed E-state index contributed by atoms with van der Waals surface area (Å²) in [5.74, 6) is -0.143. The summed E-state index contributed by atoms with van der Waals surface area (Å²) in [6, 6.07) is 11.2. The zero-order valence-corrected chi connectivity index (χ0v) is 22.3. The number of amides is 2. The van der Waals surface area contributed by atoms with Gasteiger partial charge in [0.15, 0.2) is 0 Å². The van der Waals surface area contributed by atoms with Gasteiger partial charge in [-0.05, 0) is 55.3 Å². The van der Waals surface area contributed by atoms with E-state index < -0.39 is 18.0 Å². The molecular weight excluding hydrogens is 497 g/mol. The fourth-order valence-electron chi connectivity index (χ4n) is 4.77. The number of hydrogen-bond acceptors (Lipinski definition) is 4. The molecule has 0 spiro atoms. The Hall–Kier alpha value is -2.68. The van der Waals surface area contributed by atoms with Gasteiger partial charge in [0.25, 0.3) is 5.91 Å². The molecule has 2 amide bonds. The van der Waals surface area contributed by atoms with Crippen LogP contribution < -0.4 is 10.6 Å². The van der Waals surface area contributed by atoms with Crippen molar-refractivity contribution >= 4 is 23.6 Å². The number of carbonyl (C=O) groups excluding carboxylic acids is 1. The SMILES string of the molecule is CN[C@H](CNC(=O)c1ccc(F)c(C(OCCN(C)C(=O)O)c2cccc(Cl)c2)c1)CC1CCCCC1. The lowest BCUT2D eigenvalue weighted by Crippen LogP contribution is -2.40. The number of hydrogen-bond donors (Lipinski definition) is 3. The topological polar surface area (TPSA) is 90.9 Å². The van der Waals surface area contributed by atoms with Crippen LogP contribution in [0.15, 0.2) is 42.5 Å². The lowest BCUT2D eigenvalue weighted by Gasteiger charge is -2.26. The third-order valence-electron chi connectivity index (χ3n) is 6.99. The van der Waals surface area contributed by atoms with Gasteiger partial charge in [-0.15, -0.1) is 0 Å². The molecule has 7 nitrogen and oxygen atoms in total. The summed E-state index contributed by atoms with van der Waals surface area (Å²) >= 11 is 6.17. The number of carbonyl (C=O) groups is 2. The molecule has 3 N–H and O–H groups in total. The van der Waals surface area contributed by atoms with Crippen molar-refractivity contribution in [3.8, 4) is 0 Å². The van der Waals surface area contributed by atoms with E-state index in [0.717, 1.165) is 11.3 Å². The van der Waals surface area contributed by atoms with E-state index in [1.807, 2.05) is 7.05 Å². The summed E-state index contributed by atoms with van der Waals surface area (Å²) in [6.45, 7) is 0.607. The average molecular weight is 534 g/mol. The Balaban J connectivity index is 1.74. The van der Waals surface area contributed by atoms with Crippen LogP contribution in [-0.2, 0) is 4.74 Å². The van der Waals surface area contributed by atoms with Gasteiger partial charge in [0.1, 0.15) is 11.9 Å². The molecule has 1 aliphatic carbocycles. The molecule has 0 aliphatic heterocycles. The first kappa shape index (κ1) is 28.9. The Morgan fingerprint density at radius 1 is 1.19 bits per heavy atom. The Morgan fingerprint density at radius 3 is 2.62 bits per heavy atom. The van der Waals surface area contributed by atoms with E-state index in [1.165, 1.54) is 57.4 Å². The number of ether oxygens (including phenoxy) is 1. The summed E-state index contributed by atoms with van der Waals surface area (Å²) in [6.07, 6.45) is 5.38. The molecule has 0 radical (unpaired) electrons. The van der Waals surface area contributed by atoms with E-state index in [-0.39, 0.29) is 30.7 Å². The zero-order valence-electron chi connectivity index (χ0n) is 21.5. The number of carboxylic acid groups (broad SMARTS) is 1. The molecule has 0 heterocycles. The van der Waals surface area contributed by atoms with Gasteiger partial charge in [-0.25, -0.2) is 9.18 Å². The average Bonchev–Trinajstić information content (AvgIpc) is 2.89. The van der Waals surface area contributed by atoms with Crippen LogP contribution in [-0.4, -0.2) is 61.8 Å². The smallest absolute Gasteiger partial charge is 0.407 e. The van der Waals surface area contributed by atoms with Gasteiger partial charge in [-0.2, -0.15) is 0 Å². The highest BCUT2D eigenvalue weighted by molar-refractivity contribution is 6.30. The van der Waals surface area contributed by atoms with Gasteiger partial charge in [0.2, 0.25) is 0 Å². The predicted octanol–water partition coefficient (Wildman–Crippen LogP) is 5.48. The lowest BCUT2D eigenvalue weighted by molar-refractivity contribution is 0.0614. The maximum atomic E-state index is 15.1. The van der Waals surface area contributed by atoms with E-state index in [4.69, 9.17) is 21.4 Å². The summed E-state index contributed by atoms with van der Waals surface area (Å²) < 4.78 is 21.0. The van der Waals surface area contributed by atoms with Crippen LogP contribution in [0.25, 0.3) is 0 Å². The van der Waals surface area contributed by atoms with Crippen molar-refractivity contribution in [3.05, 3.63) is 70.0 Å². The van der Waals surface area contributed by atoms with Gasteiger partial charge in [0, 0.05) is 42.3 Å². The molecule has 9 heteroatoms. The van der Waals surface area contributed by atoms with Crippen molar-refractivity contribution < 1.29 is 23.8 Å². The Kier molecular flexibility index (Phi) is 11.2. The molecular formula is C28H37ClFN3O4. The molecule has 1 unspecified atom stereocenters. The molecule has 1 aliphatic rings. The molecule has 2 aromatic rings. The van der Waals surface area contributed by atoms with Gasteiger partial charge in [-0.3, -0.25) is 4.79 Å². The minimum Gasteiger partial charge on any atom is -0.465 e. The second-order valence-electron chi connectivity index (χ2n) is 9.68. The highest BCUT2D eigenvalue weighted by Crippen LogP contribution is 2.31. The van der Waals surface area contributed by atoms with Crippen LogP contribution in [0.4, 0.5) is 9.18 Å². The van der Waals surface area contributed by atoms with Gasteiger partial charge in [-0.1, -0.05) is 55.8 Å².